The Bertz CT molecular complexity index is 1930. The minimum Gasteiger partial charge on any atom is -0.464 e. The van der Waals surface area contributed by atoms with Crippen molar-refractivity contribution in [1.29, 1.82) is 0 Å². The van der Waals surface area contributed by atoms with Gasteiger partial charge in [-0.25, -0.2) is 0 Å². The van der Waals surface area contributed by atoms with E-state index in [-0.39, 0.29) is 0 Å². The first kappa shape index (κ1) is 39.3. The Balaban J connectivity index is 2.06. The van der Waals surface area contributed by atoms with Crippen LogP contribution in [0.1, 0.15) is 11.1 Å². The lowest BCUT2D eigenvalue weighted by atomic mass is 9.91. The van der Waals surface area contributed by atoms with Crippen molar-refractivity contribution in [2.24, 2.45) is 0 Å². The van der Waals surface area contributed by atoms with Gasteiger partial charge in [0.05, 0.1) is 12.5 Å². The third-order valence-corrected chi connectivity index (χ3v) is 150. The van der Waals surface area contributed by atoms with Gasteiger partial charge in [-0.1, -0.05) is 130 Å². The van der Waals surface area contributed by atoms with E-state index in [1.54, 1.807) is 0 Å². The zero-order chi connectivity index (χ0) is 37.7. The van der Waals surface area contributed by atoms with Crippen LogP contribution in [0.25, 0.3) is 43.5 Å². The number of furan rings is 2. The van der Waals surface area contributed by atoms with Crippen molar-refractivity contribution in [2.75, 3.05) is 0 Å². The van der Waals surface area contributed by atoms with E-state index in [1.807, 2.05) is 12.5 Å². The maximum Gasteiger partial charge on any atom is 0.134 e. The van der Waals surface area contributed by atoms with E-state index in [2.05, 4.69) is 177 Å². The Morgan fingerprint density at radius 3 is 0.900 bits per heavy atom. The topological polar surface area (TPSA) is 26.3 Å². The van der Waals surface area contributed by atoms with Crippen LogP contribution in [0.5, 0.6) is 0 Å². The van der Waals surface area contributed by atoms with Gasteiger partial charge in [0.1, 0.15) is 24.4 Å². The van der Waals surface area contributed by atoms with Gasteiger partial charge in [-0.05, 0) is 36.4 Å². The van der Waals surface area contributed by atoms with Crippen molar-refractivity contribution in [2.45, 2.75) is 118 Å². The molecule has 50 heavy (non-hydrogen) atoms. The molecule has 0 aliphatic rings. The van der Waals surface area contributed by atoms with Crippen LogP contribution in [0, 0.1) is 22.9 Å². The zero-order valence-corrected chi connectivity index (χ0v) is 42.4. The molecule has 0 unspecified atom stereocenters. The Morgan fingerprint density at radius 1 is 0.380 bits per heavy atom. The minimum atomic E-state index is -1.96. The van der Waals surface area contributed by atoms with E-state index in [0.717, 1.165) is 27.5 Å². The Kier molecular flexibility index (Phi) is 9.70. The van der Waals surface area contributed by atoms with Gasteiger partial charge >= 0.3 is 0 Å². The molecule has 0 spiro atoms. The first-order chi connectivity index (χ1) is 22.6. The van der Waals surface area contributed by atoms with E-state index in [0.29, 0.717) is 0 Å². The first-order valence-electron chi connectivity index (χ1n) is 18.4. The Morgan fingerprint density at radius 2 is 0.640 bits per heavy atom. The van der Waals surface area contributed by atoms with Crippen LogP contribution < -0.4 is 0 Å². The first-order valence-corrected chi connectivity index (χ1v) is 49.4. The number of benzene rings is 3. The van der Waals surface area contributed by atoms with Crippen LogP contribution >= 0.6 is 0 Å². The van der Waals surface area contributed by atoms with E-state index >= 15 is 0 Å². The van der Waals surface area contributed by atoms with Crippen molar-refractivity contribution in [3.05, 3.63) is 60.1 Å². The summed E-state index contributed by atoms with van der Waals surface area (Å²) >= 11 is 0. The van der Waals surface area contributed by atoms with Gasteiger partial charge in [0.2, 0.25) is 0 Å². The van der Waals surface area contributed by atoms with Gasteiger partial charge in [-0.15, -0.1) is 11.1 Å². The highest BCUT2D eigenvalue weighted by atomic mass is 29.9. The average molecular weight is 800 g/mol. The Labute approximate surface area is 310 Å². The molecule has 5 rings (SSSR count). The highest BCUT2D eigenvalue weighted by molar-refractivity contribution is 7.92. The summed E-state index contributed by atoms with van der Waals surface area (Å²) in [6.45, 7) is 43.5. The summed E-state index contributed by atoms with van der Waals surface area (Å²) in [6.07, 6.45) is 3.65. The zero-order valence-electron chi connectivity index (χ0n) is 34.4. The molecule has 266 valence electrons. The van der Waals surface area contributed by atoms with E-state index in [1.165, 1.54) is 27.1 Å². The van der Waals surface area contributed by atoms with Gasteiger partial charge < -0.3 is 8.83 Å². The minimum absolute atomic E-state index is 0.914. The largest absolute Gasteiger partial charge is 0.464 e. The summed E-state index contributed by atoms with van der Waals surface area (Å²) in [6, 6.07) is 13.4. The fourth-order valence-electron chi connectivity index (χ4n) is 11.6. The van der Waals surface area contributed by atoms with Gasteiger partial charge in [-0.2, -0.15) is 0 Å². The molecule has 10 heteroatoms. The quantitative estimate of drug-likeness (QED) is 0.0971. The molecule has 2 aromatic heterocycles. The summed E-state index contributed by atoms with van der Waals surface area (Å²) in [4.78, 5) is 0. The monoisotopic (exact) mass is 798 g/mol. The summed E-state index contributed by atoms with van der Waals surface area (Å²) in [5.74, 6) is 8.20. The summed E-state index contributed by atoms with van der Waals surface area (Å²) in [5, 5.41) is 7.04. The highest BCUT2D eigenvalue weighted by Crippen LogP contribution is 2.41. The molecule has 0 bridgehead atoms. The molecule has 2 nitrogen and oxygen atoms in total. The van der Waals surface area contributed by atoms with Gasteiger partial charge in [0.15, 0.2) is 0 Å². The van der Waals surface area contributed by atoms with Crippen LogP contribution in [0.4, 0.5) is 0 Å². The second-order valence-corrected chi connectivity index (χ2v) is 101. The third-order valence-electron chi connectivity index (χ3n) is 11.8. The molecule has 2 heterocycles. The summed E-state index contributed by atoms with van der Waals surface area (Å²) < 4.78 is 12.2. The maximum atomic E-state index is 6.10. The number of rotatable bonds is 6. The maximum absolute atomic E-state index is 6.10. The van der Waals surface area contributed by atoms with Crippen molar-refractivity contribution in [3.63, 3.8) is 0 Å². The fraction of sp³-hybridized carbons (Fsp3) is 0.450. The lowest BCUT2D eigenvalue weighted by Gasteiger charge is -2.53. The summed E-state index contributed by atoms with van der Waals surface area (Å²) in [5.41, 5.74) is 12.9. The lowest BCUT2D eigenvalue weighted by Crippen LogP contribution is -2.82. The average Bonchev–Trinajstić information content (AvgIpc) is 3.56. The molecule has 0 atom stereocenters. The van der Waals surface area contributed by atoms with Crippen LogP contribution in [0.3, 0.4) is 0 Å². The second-order valence-electron chi connectivity index (χ2n) is 21.0. The molecule has 0 amide bonds. The Hall–Kier alpha value is -1.88. The van der Waals surface area contributed by atoms with Gasteiger partial charge in [0, 0.05) is 89.0 Å². The standard InChI is InChI=1S/C40H62O2Si8/c1-43(2,3)49(44(4,5)6,45(7,8)9)25-21-33-35-27-31-19-23-41-39(31)29-37(35)34(38-30-40-32(20-24-42-40)28-36(33)38)22-26-50(46(10,11)12,47(13,14)15)48(16,17)18/h19-20,23-24,27-30H,1-18H3. The van der Waals surface area contributed by atoms with Crippen molar-refractivity contribution in [1.82, 2.24) is 0 Å². The predicted molar refractivity (Wildman–Crippen MR) is 246 cm³/mol. The fourth-order valence-corrected chi connectivity index (χ4v) is 198. The summed E-state index contributed by atoms with van der Waals surface area (Å²) in [7, 11) is -9.67. The molecule has 0 radical (unpaired) electrons. The third kappa shape index (κ3) is 6.09. The second kappa shape index (κ2) is 12.3. The SMILES string of the molecule is C[Si](C)(C)[Si](C#Cc1c2cc3ccoc3cc2c(C#C[Si]([Si](C)(C)C)([Si](C)(C)C)[Si](C)(C)C)c2cc3occc3cc12)([Si](C)(C)C)[Si](C)(C)C. The number of hydrogen-bond donors (Lipinski definition) is 0. The number of hydrogen-bond acceptors (Lipinski definition) is 2. The molecule has 5 aromatic rings. The van der Waals surface area contributed by atoms with Crippen LogP contribution in [-0.4, -0.2) is 58.8 Å². The van der Waals surface area contributed by atoms with E-state index in [9.17, 15) is 0 Å². The van der Waals surface area contributed by atoms with Crippen molar-refractivity contribution in [3.8, 4) is 22.9 Å². The van der Waals surface area contributed by atoms with Crippen LogP contribution in [0.2, 0.25) is 118 Å². The van der Waals surface area contributed by atoms with Crippen molar-refractivity contribution >= 4 is 102 Å². The van der Waals surface area contributed by atoms with Gasteiger partial charge in [0.25, 0.3) is 0 Å². The molecule has 0 aliphatic carbocycles. The van der Waals surface area contributed by atoms with Crippen LogP contribution in [0.15, 0.2) is 57.8 Å². The smallest absolute Gasteiger partial charge is 0.134 e. The molecular formula is C40H62O2Si8. The van der Waals surface area contributed by atoms with Crippen molar-refractivity contribution < 1.29 is 8.83 Å². The molecule has 3 aromatic carbocycles. The molecular weight excluding hydrogens is 737 g/mol. The molecule has 0 aliphatic heterocycles. The van der Waals surface area contributed by atoms with Gasteiger partial charge in [-0.3, -0.25) is 0 Å². The predicted octanol–water partition coefficient (Wildman–Crippen LogP) is 12.7. The molecule has 0 saturated carbocycles. The molecule has 0 saturated heterocycles. The van der Waals surface area contributed by atoms with E-state index in [4.69, 9.17) is 8.83 Å². The van der Waals surface area contributed by atoms with Crippen LogP contribution in [-0.2, 0) is 0 Å². The number of fused-ring (bicyclic) bond motifs is 4. The normalized spacial score (nSPS) is 14.3. The lowest BCUT2D eigenvalue weighted by molar-refractivity contribution is 0.616. The molecule has 0 N–H and O–H groups in total. The van der Waals surface area contributed by atoms with E-state index < -0.39 is 58.8 Å². The highest BCUT2D eigenvalue weighted by Gasteiger charge is 2.62. The molecule has 0 fully saturated rings.